The number of fused-ring (bicyclic) bond motifs is 1. The lowest BCUT2D eigenvalue weighted by molar-refractivity contribution is 0.520. The Kier molecular flexibility index (Phi) is 1.59. The van der Waals surface area contributed by atoms with Gasteiger partial charge in [-0.3, -0.25) is 0 Å². The molecule has 5 rings (SSSR count). The molecule has 2 aromatic carbocycles. The van der Waals surface area contributed by atoms with E-state index in [1.165, 1.54) is 12.8 Å². The molecule has 0 aliphatic heterocycles. The third-order valence-electron chi connectivity index (χ3n) is 4.24. The molecule has 0 heterocycles. The molecular weight excluding hydrogens is 192 g/mol. The standard InChI is InChI=1S/C16H14/c1-2-6-12-11(5-1)15-9-10-16(12)14-8-4-3-7-13(14)15/h1-8,15-16H,9-10H2/t15-,16-. The normalized spacial score (nSPS) is 25.0. The third kappa shape index (κ3) is 0.948. The summed E-state index contributed by atoms with van der Waals surface area (Å²) in [7, 11) is 0. The average molecular weight is 206 g/mol. The van der Waals surface area contributed by atoms with E-state index in [9.17, 15) is 0 Å². The number of benzene rings is 2. The monoisotopic (exact) mass is 206 g/mol. The first-order valence-corrected chi connectivity index (χ1v) is 6.13. The summed E-state index contributed by atoms with van der Waals surface area (Å²) in [6.45, 7) is 0. The molecule has 0 atom stereocenters. The van der Waals surface area contributed by atoms with E-state index in [-0.39, 0.29) is 0 Å². The fraction of sp³-hybridized carbons (Fsp3) is 0.250. The summed E-state index contributed by atoms with van der Waals surface area (Å²) >= 11 is 0. The maximum Gasteiger partial charge on any atom is 0.00955 e. The zero-order valence-corrected chi connectivity index (χ0v) is 9.19. The van der Waals surface area contributed by atoms with Crippen LogP contribution in [0, 0.1) is 0 Å². The maximum atomic E-state index is 2.32. The minimum atomic E-state index is 0.664. The first-order valence-electron chi connectivity index (χ1n) is 6.13. The summed E-state index contributed by atoms with van der Waals surface area (Å²) < 4.78 is 0. The molecule has 3 aliphatic carbocycles. The van der Waals surface area contributed by atoms with Crippen molar-refractivity contribution in [2.45, 2.75) is 24.7 Å². The Morgan fingerprint density at radius 2 is 0.875 bits per heavy atom. The van der Waals surface area contributed by atoms with E-state index in [0.717, 1.165) is 0 Å². The van der Waals surface area contributed by atoms with Gasteiger partial charge in [0.25, 0.3) is 0 Å². The zero-order valence-electron chi connectivity index (χ0n) is 9.19. The second kappa shape index (κ2) is 2.98. The van der Waals surface area contributed by atoms with Crippen LogP contribution in [0.4, 0.5) is 0 Å². The minimum absolute atomic E-state index is 0.664. The van der Waals surface area contributed by atoms with Crippen LogP contribution in [0.5, 0.6) is 0 Å². The molecule has 0 unspecified atom stereocenters. The van der Waals surface area contributed by atoms with E-state index >= 15 is 0 Å². The van der Waals surface area contributed by atoms with E-state index in [1.807, 2.05) is 0 Å². The Morgan fingerprint density at radius 1 is 0.562 bits per heavy atom. The highest BCUT2D eigenvalue weighted by Crippen LogP contribution is 2.52. The first kappa shape index (κ1) is 8.58. The third-order valence-corrected chi connectivity index (χ3v) is 4.24. The van der Waals surface area contributed by atoms with Gasteiger partial charge in [0.15, 0.2) is 0 Å². The molecule has 0 amide bonds. The van der Waals surface area contributed by atoms with Gasteiger partial charge < -0.3 is 0 Å². The SMILES string of the molecule is c1ccc2c(c1)[C@H]1CC[C@H]2c2ccccc21. The van der Waals surface area contributed by atoms with Gasteiger partial charge in [-0.1, -0.05) is 48.5 Å². The van der Waals surface area contributed by atoms with Crippen molar-refractivity contribution in [1.29, 1.82) is 0 Å². The van der Waals surface area contributed by atoms with Gasteiger partial charge in [-0.15, -0.1) is 0 Å². The summed E-state index contributed by atoms with van der Waals surface area (Å²) in [5.74, 6) is 1.33. The van der Waals surface area contributed by atoms with E-state index < -0.39 is 0 Å². The smallest absolute Gasteiger partial charge is 0.00955 e. The maximum absolute atomic E-state index is 2.32. The van der Waals surface area contributed by atoms with Crippen LogP contribution in [-0.4, -0.2) is 0 Å². The molecule has 0 spiro atoms. The van der Waals surface area contributed by atoms with Crippen molar-refractivity contribution in [3.8, 4) is 0 Å². The summed E-state index contributed by atoms with van der Waals surface area (Å²) in [5.41, 5.74) is 6.32. The second-order valence-electron chi connectivity index (χ2n) is 4.94. The lowest BCUT2D eigenvalue weighted by atomic mass is 9.64. The van der Waals surface area contributed by atoms with Gasteiger partial charge >= 0.3 is 0 Å². The second-order valence-corrected chi connectivity index (χ2v) is 4.94. The highest BCUT2D eigenvalue weighted by Gasteiger charge is 2.36. The summed E-state index contributed by atoms with van der Waals surface area (Å²) in [4.78, 5) is 0. The summed E-state index contributed by atoms with van der Waals surface area (Å²) in [5, 5.41) is 0. The Balaban J connectivity index is 2.04. The van der Waals surface area contributed by atoms with Crippen LogP contribution in [0.2, 0.25) is 0 Å². The molecule has 3 aliphatic rings. The van der Waals surface area contributed by atoms with Crippen molar-refractivity contribution in [1.82, 2.24) is 0 Å². The van der Waals surface area contributed by atoms with Crippen LogP contribution in [0.3, 0.4) is 0 Å². The first-order chi connectivity index (χ1) is 7.95. The molecule has 0 heteroatoms. The highest BCUT2D eigenvalue weighted by atomic mass is 14.4. The molecule has 2 bridgehead atoms. The quantitative estimate of drug-likeness (QED) is 0.610. The van der Waals surface area contributed by atoms with Crippen LogP contribution in [0.25, 0.3) is 0 Å². The Labute approximate surface area is 95.9 Å². The van der Waals surface area contributed by atoms with E-state index in [1.54, 1.807) is 22.3 Å². The molecule has 0 saturated heterocycles. The van der Waals surface area contributed by atoms with E-state index in [0.29, 0.717) is 11.8 Å². The molecule has 0 radical (unpaired) electrons. The van der Waals surface area contributed by atoms with Crippen LogP contribution in [0.15, 0.2) is 48.5 Å². The van der Waals surface area contributed by atoms with Crippen molar-refractivity contribution in [3.05, 3.63) is 70.8 Å². The van der Waals surface area contributed by atoms with Gasteiger partial charge in [0, 0.05) is 11.8 Å². The van der Waals surface area contributed by atoms with Crippen molar-refractivity contribution < 1.29 is 0 Å². The van der Waals surface area contributed by atoms with Crippen LogP contribution < -0.4 is 0 Å². The fourth-order valence-electron chi connectivity index (χ4n) is 3.58. The molecule has 0 nitrogen and oxygen atoms in total. The molecular formula is C16H14. The van der Waals surface area contributed by atoms with E-state index in [2.05, 4.69) is 48.5 Å². The average Bonchev–Trinajstić information content (AvgIpc) is 2.40. The minimum Gasteiger partial charge on any atom is -0.0620 e. The number of hydrogen-bond donors (Lipinski definition) is 0. The van der Waals surface area contributed by atoms with E-state index in [4.69, 9.17) is 0 Å². The van der Waals surface area contributed by atoms with Gasteiger partial charge in [-0.05, 0) is 35.1 Å². The molecule has 0 saturated carbocycles. The van der Waals surface area contributed by atoms with Crippen molar-refractivity contribution in [2.24, 2.45) is 0 Å². The van der Waals surface area contributed by atoms with Gasteiger partial charge in [0.1, 0.15) is 0 Å². The van der Waals surface area contributed by atoms with Crippen LogP contribution in [-0.2, 0) is 0 Å². The predicted molar refractivity (Wildman–Crippen MR) is 65.8 cm³/mol. The Morgan fingerprint density at radius 3 is 1.19 bits per heavy atom. The highest BCUT2D eigenvalue weighted by molar-refractivity contribution is 5.54. The lowest BCUT2D eigenvalue weighted by Crippen LogP contribution is -2.24. The van der Waals surface area contributed by atoms with Crippen LogP contribution in [0.1, 0.15) is 46.9 Å². The molecule has 78 valence electrons. The molecule has 2 aromatic rings. The summed E-state index contributed by atoms with van der Waals surface area (Å²) in [6.07, 6.45) is 2.66. The zero-order chi connectivity index (χ0) is 10.5. The molecule has 16 heavy (non-hydrogen) atoms. The lowest BCUT2D eigenvalue weighted by Gasteiger charge is -2.40. The summed E-state index contributed by atoms with van der Waals surface area (Å²) in [6, 6.07) is 18.0. The largest absolute Gasteiger partial charge is 0.0620 e. The van der Waals surface area contributed by atoms with Crippen molar-refractivity contribution in [2.75, 3.05) is 0 Å². The fourth-order valence-corrected chi connectivity index (χ4v) is 3.58. The van der Waals surface area contributed by atoms with Gasteiger partial charge in [-0.25, -0.2) is 0 Å². The topological polar surface area (TPSA) is 0 Å². The van der Waals surface area contributed by atoms with Gasteiger partial charge in [0.2, 0.25) is 0 Å². The number of rotatable bonds is 0. The van der Waals surface area contributed by atoms with Gasteiger partial charge in [-0.2, -0.15) is 0 Å². The molecule has 0 fully saturated rings. The Hall–Kier alpha value is -1.56. The van der Waals surface area contributed by atoms with Crippen molar-refractivity contribution >= 4 is 0 Å². The van der Waals surface area contributed by atoms with Crippen LogP contribution >= 0.6 is 0 Å². The molecule has 0 N–H and O–H groups in total. The van der Waals surface area contributed by atoms with Crippen molar-refractivity contribution in [3.63, 3.8) is 0 Å². The molecule has 0 aromatic heterocycles. The predicted octanol–water partition coefficient (Wildman–Crippen LogP) is 4.06. The number of hydrogen-bond acceptors (Lipinski definition) is 0. The van der Waals surface area contributed by atoms with Gasteiger partial charge in [0.05, 0.1) is 0 Å². The Bertz CT molecular complexity index is 456.